The van der Waals surface area contributed by atoms with Gasteiger partial charge in [-0.05, 0) is 28.1 Å². The number of carbonyl (C=O) groups is 1. The molecular formula is C11H10BrN3O. The molecule has 0 atom stereocenters. The third-order valence-electron chi connectivity index (χ3n) is 2.23. The maximum atomic E-state index is 12.0. The molecule has 82 valence electrons. The molecule has 0 bridgehead atoms. The van der Waals surface area contributed by atoms with Crippen LogP contribution in [0.3, 0.4) is 0 Å². The lowest BCUT2D eigenvalue weighted by Gasteiger charge is -2.01. The van der Waals surface area contributed by atoms with Crippen LogP contribution in [0, 0.1) is 0 Å². The Hall–Kier alpha value is -1.49. The third kappa shape index (κ3) is 2.19. The molecule has 4 nitrogen and oxygen atoms in total. The highest BCUT2D eigenvalue weighted by Crippen LogP contribution is 2.16. The van der Waals surface area contributed by atoms with Gasteiger partial charge in [-0.3, -0.25) is 14.5 Å². The van der Waals surface area contributed by atoms with E-state index < -0.39 is 0 Å². The predicted octanol–water partition coefficient (Wildman–Crippen LogP) is 2.00. The zero-order chi connectivity index (χ0) is 11.5. The summed E-state index contributed by atoms with van der Waals surface area (Å²) in [5, 5.41) is 4.01. The van der Waals surface area contributed by atoms with Crippen molar-refractivity contribution >= 4 is 21.7 Å². The van der Waals surface area contributed by atoms with Crippen LogP contribution in [-0.4, -0.2) is 20.5 Å². The molecule has 0 saturated carbocycles. The Kier molecular flexibility index (Phi) is 3.14. The Morgan fingerprint density at radius 3 is 2.88 bits per heavy atom. The number of hydrogen-bond donors (Lipinski definition) is 0. The Morgan fingerprint density at radius 1 is 1.50 bits per heavy atom. The highest BCUT2D eigenvalue weighted by Gasteiger charge is 2.15. The first kappa shape index (κ1) is 11.0. The summed E-state index contributed by atoms with van der Waals surface area (Å²) in [5.41, 5.74) is 1.34. The second-order valence-corrected chi connectivity index (χ2v) is 4.24. The first-order valence-corrected chi connectivity index (χ1v) is 5.58. The highest BCUT2D eigenvalue weighted by atomic mass is 79.9. The van der Waals surface area contributed by atoms with Crippen LogP contribution in [0.15, 0.2) is 35.1 Å². The fraction of sp³-hybridized carbons (Fsp3) is 0.182. The van der Waals surface area contributed by atoms with Crippen molar-refractivity contribution < 1.29 is 4.79 Å². The van der Waals surface area contributed by atoms with E-state index in [9.17, 15) is 4.79 Å². The number of halogens is 1. The van der Waals surface area contributed by atoms with Gasteiger partial charge in [0.1, 0.15) is 5.69 Å². The van der Waals surface area contributed by atoms with E-state index in [-0.39, 0.29) is 5.78 Å². The number of Topliss-reactive ketones (excluding diaryl/α,β-unsaturated/α-hetero) is 1. The molecule has 0 aromatic carbocycles. The molecule has 0 aliphatic carbocycles. The summed E-state index contributed by atoms with van der Waals surface area (Å²) in [6, 6.07) is 5.53. The maximum absolute atomic E-state index is 12.0. The van der Waals surface area contributed by atoms with Crippen molar-refractivity contribution in [2.75, 3.05) is 0 Å². The molecule has 0 aliphatic rings. The van der Waals surface area contributed by atoms with Gasteiger partial charge in [0.25, 0.3) is 0 Å². The summed E-state index contributed by atoms with van der Waals surface area (Å²) in [6.45, 7) is 0. The molecule has 16 heavy (non-hydrogen) atoms. The minimum absolute atomic E-state index is 0.00516. The summed E-state index contributed by atoms with van der Waals surface area (Å²) < 4.78 is 2.28. The lowest BCUT2D eigenvalue weighted by Crippen LogP contribution is -2.11. The van der Waals surface area contributed by atoms with E-state index in [1.165, 1.54) is 0 Å². The molecule has 0 fully saturated rings. The molecule has 0 unspecified atom stereocenters. The Bertz CT molecular complexity index is 488. The van der Waals surface area contributed by atoms with Crippen LogP contribution < -0.4 is 0 Å². The smallest absolute Gasteiger partial charge is 0.187 e. The average molecular weight is 280 g/mol. The number of rotatable bonds is 3. The van der Waals surface area contributed by atoms with Gasteiger partial charge >= 0.3 is 0 Å². The summed E-state index contributed by atoms with van der Waals surface area (Å²) in [5.74, 6) is 0.00516. The molecular weight excluding hydrogens is 270 g/mol. The van der Waals surface area contributed by atoms with Crippen LogP contribution in [0.5, 0.6) is 0 Å². The van der Waals surface area contributed by atoms with Crippen molar-refractivity contribution in [1.29, 1.82) is 0 Å². The van der Waals surface area contributed by atoms with Crippen molar-refractivity contribution in [3.05, 3.63) is 46.5 Å². The SMILES string of the molecule is Cn1ncc(Br)c1C(=O)Cc1ccccn1. The standard InChI is InChI=1S/C11H10BrN3O/c1-15-11(9(12)7-14-15)10(16)6-8-4-2-3-5-13-8/h2-5,7H,6H2,1H3. The lowest BCUT2D eigenvalue weighted by molar-refractivity contribution is 0.0982. The van der Waals surface area contributed by atoms with E-state index in [4.69, 9.17) is 0 Å². The molecule has 2 aromatic rings. The molecule has 0 radical (unpaired) electrons. The zero-order valence-electron chi connectivity index (χ0n) is 8.72. The molecule has 0 spiro atoms. The molecule has 2 aromatic heterocycles. The monoisotopic (exact) mass is 279 g/mol. The molecule has 0 saturated heterocycles. The van der Waals surface area contributed by atoms with E-state index in [0.717, 1.165) is 10.2 Å². The molecule has 2 heterocycles. The maximum Gasteiger partial charge on any atom is 0.187 e. The molecule has 0 amide bonds. The third-order valence-corrected chi connectivity index (χ3v) is 2.81. The minimum Gasteiger partial charge on any atom is -0.292 e. The number of carbonyl (C=O) groups excluding carboxylic acids is 1. The van der Waals surface area contributed by atoms with Gasteiger partial charge in [-0.1, -0.05) is 6.07 Å². The molecule has 5 heteroatoms. The molecule has 0 aliphatic heterocycles. The van der Waals surface area contributed by atoms with Gasteiger partial charge in [-0.2, -0.15) is 5.10 Å². The van der Waals surface area contributed by atoms with E-state index in [1.54, 1.807) is 24.1 Å². The second-order valence-electron chi connectivity index (χ2n) is 3.39. The van der Waals surface area contributed by atoms with Crippen LogP contribution >= 0.6 is 15.9 Å². The largest absolute Gasteiger partial charge is 0.292 e. The number of aryl methyl sites for hydroxylation is 1. The van der Waals surface area contributed by atoms with Gasteiger partial charge in [-0.15, -0.1) is 0 Å². The highest BCUT2D eigenvalue weighted by molar-refractivity contribution is 9.10. The summed E-state index contributed by atoms with van der Waals surface area (Å²) in [7, 11) is 1.75. The second kappa shape index (κ2) is 4.57. The fourth-order valence-corrected chi connectivity index (χ4v) is 2.04. The van der Waals surface area contributed by atoms with Gasteiger partial charge in [-0.25, -0.2) is 0 Å². The van der Waals surface area contributed by atoms with Crippen LogP contribution in [0.4, 0.5) is 0 Å². The van der Waals surface area contributed by atoms with E-state index in [1.807, 2.05) is 18.2 Å². The van der Waals surface area contributed by atoms with Gasteiger partial charge < -0.3 is 0 Å². The van der Waals surface area contributed by atoms with E-state index in [2.05, 4.69) is 26.0 Å². The molecule has 0 N–H and O–H groups in total. The van der Waals surface area contributed by atoms with Gasteiger partial charge in [0.05, 0.1) is 17.1 Å². The average Bonchev–Trinajstić information content (AvgIpc) is 2.60. The quantitative estimate of drug-likeness (QED) is 0.808. The van der Waals surface area contributed by atoms with E-state index in [0.29, 0.717) is 12.1 Å². The minimum atomic E-state index is 0.00516. The Balaban J connectivity index is 2.22. The molecule has 2 rings (SSSR count). The van der Waals surface area contributed by atoms with Gasteiger partial charge in [0.15, 0.2) is 5.78 Å². The summed E-state index contributed by atoms with van der Waals surface area (Å²) in [4.78, 5) is 16.1. The van der Waals surface area contributed by atoms with Gasteiger partial charge in [0.2, 0.25) is 0 Å². The Morgan fingerprint density at radius 2 is 2.31 bits per heavy atom. The lowest BCUT2D eigenvalue weighted by atomic mass is 10.1. The van der Waals surface area contributed by atoms with Crippen LogP contribution in [0.25, 0.3) is 0 Å². The first-order chi connectivity index (χ1) is 7.68. The van der Waals surface area contributed by atoms with E-state index >= 15 is 0 Å². The van der Waals surface area contributed by atoms with Crippen molar-refractivity contribution in [3.8, 4) is 0 Å². The number of hydrogen-bond acceptors (Lipinski definition) is 3. The fourth-order valence-electron chi connectivity index (χ4n) is 1.48. The Labute approximate surface area is 101 Å². The first-order valence-electron chi connectivity index (χ1n) is 4.79. The van der Waals surface area contributed by atoms with Crippen LogP contribution in [0.1, 0.15) is 16.2 Å². The van der Waals surface area contributed by atoms with Crippen LogP contribution in [-0.2, 0) is 13.5 Å². The topological polar surface area (TPSA) is 47.8 Å². The summed E-state index contributed by atoms with van der Waals surface area (Å²) >= 11 is 3.31. The van der Waals surface area contributed by atoms with Crippen LogP contribution in [0.2, 0.25) is 0 Å². The number of nitrogens with zero attached hydrogens (tertiary/aromatic N) is 3. The zero-order valence-corrected chi connectivity index (χ0v) is 10.3. The summed E-state index contributed by atoms with van der Waals surface area (Å²) in [6.07, 6.45) is 3.59. The van der Waals surface area contributed by atoms with Crippen molar-refractivity contribution in [2.45, 2.75) is 6.42 Å². The normalized spacial score (nSPS) is 10.4. The number of ketones is 1. The van der Waals surface area contributed by atoms with Crippen molar-refractivity contribution in [3.63, 3.8) is 0 Å². The van der Waals surface area contributed by atoms with Crippen molar-refractivity contribution in [1.82, 2.24) is 14.8 Å². The number of aromatic nitrogens is 3. The predicted molar refractivity (Wildman–Crippen MR) is 63.2 cm³/mol. The van der Waals surface area contributed by atoms with Gasteiger partial charge in [0, 0.05) is 18.9 Å². The van der Waals surface area contributed by atoms with Crippen molar-refractivity contribution in [2.24, 2.45) is 7.05 Å². The number of pyridine rings is 1.